The molecule has 2 aromatic heterocycles. The van der Waals surface area contributed by atoms with Gasteiger partial charge in [-0.3, -0.25) is 14.9 Å². The molecule has 5 rings (SSSR count). The second-order valence-electron chi connectivity index (χ2n) is 8.07. The van der Waals surface area contributed by atoms with E-state index in [2.05, 4.69) is 42.8 Å². The average Bonchev–Trinajstić information content (AvgIpc) is 3.42. The number of carbonyl (C=O) groups is 2. The van der Waals surface area contributed by atoms with Crippen LogP contribution >= 0.6 is 0 Å². The standard InChI is InChI=1S/C24H22N6O2/c1-29-19-9-4-3-8-16(19)22(17-13-21(31)27-24(17)32)23(29)18-14-30(12-6-11-26-28-25)20-10-5-2-7-15(18)20/h2-5,7-10,14,17H,6,11-13H2,1H3,(H,27,31,32). The molecule has 32 heavy (non-hydrogen) atoms. The summed E-state index contributed by atoms with van der Waals surface area (Å²) in [5, 5.41) is 8.17. The number of imide groups is 1. The number of aryl methyl sites for hydroxylation is 2. The number of nitrogens with one attached hydrogen (secondary N) is 1. The topological polar surface area (TPSA) is 105 Å². The SMILES string of the molecule is Cn1c(-c2cn(CCCN=[N+]=[N-])c3ccccc23)c(C2CC(=O)NC2=O)c2ccccc21. The maximum atomic E-state index is 12.7. The number of carbonyl (C=O) groups excluding carboxylic acids is 2. The Morgan fingerprint density at radius 3 is 2.53 bits per heavy atom. The van der Waals surface area contributed by atoms with Gasteiger partial charge < -0.3 is 9.13 Å². The van der Waals surface area contributed by atoms with Gasteiger partial charge in [-0.25, -0.2) is 0 Å². The third-order valence-electron chi connectivity index (χ3n) is 6.23. The van der Waals surface area contributed by atoms with E-state index in [4.69, 9.17) is 5.53 Å². The lowest BCUT2D eigenvalue weighted by Crippen LogP contribution is -2.21. The molecule has 4 aromatic rings. The number of rotatable bonds is 6. The van der Waals surface area contributed by atoms with Gasteiger partial charge in [0.25, 0.3) is 0 Å². The van der Waals surface area contributed by atoms with Crippen molar-refractivity contribution in [3.63, 3.8) is 0 Å². The van der Waals surface area contributed by atoms with Crippen LogP contribution in [0.15, 0.2) is 59.8 Å². The van der Waals surface area contributed by atoms with Gasteiger partial charge in [-0.15, -0.1) is 0 Å². The van der Waals surface area contributed by atoms with Crippen LogP contribution < -0.4 is 5.32 Å². The fourth-order valence-electron chi connectivity index (χ4n) is 4.86. The van der Waals surface area contributed by atoms with Crippen LogP contribution in [-0.4, -0.2) is 27.5 Å². The summed E-state index contributed by atoms with van der Waals surface area (Å²) < 4.78 is 4.28. The minimum Gasteiger partial charge on any atom is -0.347 e. The fourth-order valence-corrected chi connectivity index (χ4v) is 4.86. The molecule has 0 aliphatic carbocycles. The minimum atomic E-state index is -0.518. The summed E-state index contributed by atoms with van der Waals surface area (Å²) in [7, 11) is 2.00. The molecule has 0 bridgehead atoms. The van der Waals surface area contributed by atoms with Gasteiger partial charge in [-0.05, 0) is 29.6 Å². The van der Waals surface area contributed by atoms with Crippen LogP contribution in [0.5, 0.6) is 0 Å². The van der Waals surface area contributed by atoms with E-state index in [0.717, 1.165) is 45.0 Å². The smallest absolute Gasteiger partial charge is 0.234 e. The summed E-state index contributed by atoms with van der Waals surface area (Å²) >= 11 is 0. The average molecular weight is 426 g/mol. The molecule has 160 valence electrons. The number of amides is 2. The lowest BCUT2D eigenvalue weighted by Gasteiger charge is -2.11. The van der Waals surface area contributed by atoms with E-state index in [1.165, 1.54) is 0 Å². The van der Waals surface area contributed by atoms with Crippen molar-refractivity contribution in [2.45, 2.75) is 25.3 Å². The van der Waals surface area contributed by atoms with Crippen molar-refractivity contribution >= 4 is 33.6 Å². The maximum Gasteiger partial charge on any atom is 0.234 e. The zero-order chi connectivity index (χ0) is 22.2. The van der Waals surface area contributed by atoms with Crippen LogP contribution in [0.25, 0.3) is 43.5 Å². The van der Waals surface area contributed by atoms with Crippen LogP contribution in [0.2, 0.25) is 0 Å². The van der Waals surface area contributed by atoms with Crippen LogP contribution in [0.4, 0.5) is 0 Å². The quantitative estimate of drug-likeness (QED) is 0.160. The lowest BCUT2D eigenvalue weighted by atomic mass is 9.92. The molecule has 1 atom stereocenters. The molecule has 0 spiro atoms. The third kappa shape index (κ3) is 3.13. The van der Waals surface area contributed by atoms with Gasteiger partial charge >= 0.3 is 0 Å². The number of fused-ring (bicyclic) bond motifs is 2. The minimum absolute atomic E-state index is 0.157. The van der Waals surface area contributed by atoms with E-state index >= 15 is 0 Å². The van der Waals surface area contributed by atoms with Crippen molar-refractivity contribution < 1.29 is 9.59 Å². The van der Waals surface area contributed by atoms with E-state index in [1.54, 1.807) is 0 Å². The van der Waals surface area contributed by atoms with Crippen molar-refractivity contribution in [1.29, 1.82) is 0 Å². The lowest BCUT2D eigenvalue weighted by molar-refractivity contribution is -0.125. The van der Waals surface area contributed by atoms with Gasteiger partial charge in [0.15, 0.2) is 0 Å². The summed E-state index contributed by atoms with van der Waals surface area (Å²) in [6.07, 6.45) is 2.99. The van der Waals surface area contributed by atoms with E-state index in [9.17, 15) is 9.59 Å². The first-order valence-electron chi connectivity index (χ1n) is 10.6. The molecule has 0 saturated carbocycles. The molecule has 1 aliphatic rings. The van der Waals surface area contributed by atoms with Crippen molar-refractivity contribution in [3.05, 3.63) is 70.7 Å². The molecule has 1 aliphatic heterocycles. The van der Waals surface area contributed by atoms with Crippen LogP contribution in [-0.2, 0) is 23.2 Å². The molecule has 1 N–H and O–H groups in total. The molecule has 8 heteroatoms. The fraction of sp³-hybridized carbons (Fsp3) is 0.250. The van der Waals surface area contributed by atoms with Gasteiger partial charge in [0.2, 0.25) is 11.8 Å². The van der Waals surface area contributed by atoms with Gasteiger partial charge in [0.1, 0.15) is 0 Å². The van der Waals surface area contributed by atoms with Crippen molar-refractivity contribution in [1.82, 2.24) is 14.5 Å². The molecule has 2 amide bonds. The predicted molar refractivity (Wildman–Crippen MR) is 123 cm³/mol. The summed E-state index contributed by atoms with van der Waals surface area (Å²) in [6, 6.07) is 16.2. The number of azide groups is 1. The second-order valence-corrected chi connectivity index (χ2v) is 8.07. The first-order valence-corrected chi connectivity index (χ1v) is 10.6. The number of aromatic nitrogens is 2. The highest BCUT2D eigenvalue weighted by atomic mass is 16.2. The molecule has 1 fully saturated rings. The molecule has 2 aromatic carbocycles. The molecule has 3 heterocycles. The van der Waals surface area contributed by atoms with E-state index in [0.29, 0.717) is 13.1 Å². The van der Waals surface area contributed by atoms with Gasteiger partial charge in [-0.1, -0.05) is 41.5 Å². The highest BCUT2D eigenvalue weighted by molar-refractivity contribution is 6.10. The first-order chi connectivity index (χ1) is 15.6. The number of nitrogens with zero attached hydrogens (tertiary/aromatic N) is 5. The third-order valence-corrected chi connectivity index (χ3v) is 6.23. The van der Waals surface area contributed by atoms with Gasteiger partial charge in [-0.2, -0.15) is 0 Å². The molecular weight excluding hydrogens is 404 g/mol. The Kier molecular flexibility index (Phi) is 4.92. The largest absolute Gasteiger partial charge is 0.347 e. The first kappa shape index (κ1) is 19.9. The summed E-state index contributed by atoms with van der Waals surface area (Å²) in [5.74, 6) is -0.999. The maximum absolute atomic E-state index is 12.7. The Labute approximate surface area is 184 Å². The highest BCUT2D eigenvalue weighted by Crippen LogP contribution is 2.43. The highest BCUT2D eigenvalue weighted by Gasteiger charge is 2.36. The van der Waals surface area contributed by atoms with Gasteiger partial charge in [0, 0.05) is 65.0 Å². The molecule has 1 saturated heterocycles. The predicted octanol–water partition coefficient (Wildman–Crippen LogP) is 4.63. The van der Waals surface area contributed by atoms with E-state index < -0.39 is 5.92 Å². The number of para-hydroxylation sites is 2. The van der Waals surface area contributed by atoms with Gasteiger partial charge in [0.05, 0.1) is 11.6 Å². The van der Waals surface area contributed by atoms with Crippen LogP contribution in [0, 0.1) is 0 Å². The summed E-state index contributed by atoms with van der Waals surface area (Å²) in [4.78, 5) is 27.6. The number of benzene rings is 2. The monoisotopic (exact) mass is 426 g/mol. The van der Waals surface area contributed by atoms with E-state index in [1.807, 2.05) is 43.4 Å². The van der Waals surface area contributed by atoms with E-state index in [-0.39, 0.29) is 18.2 Å². The van der Waals surface area contributed by atoms with Crippen LogP contribution in [0.1, 0.15) is 24.3 Å². The Hall–Kier alpha value is -4.03. The molecule has 1 unspecified atom stereocenters. The summed E-state index contributed by atoms with van der Waals surface area (Å²) in [6.45, 7) is 1.14. The van der Waals surface area contributed by atoms with Crippen molar-refractivity contribution in [2.24, 2.45) is 12.2 Å². The van der Waals surface area contributed by atoms with Crippen molar-refractivity contribution in [3.8, 4) is 11.3 Å². The Balaban J connectivity index is 1.74. The Morgan fingerprint density at radius 1 is 1.09 bits per heavy atom. The number of hydrogen-bond acceptors (Lipinski definition) is 3. The van der Waals surface area contributed by atoms with Crippen molar-refractivity contribution in [2.75, 3.05) is 6.54 Å². The second kappa shape index (κ2) is 7.90. The number of hydrogen-bond donors (Lipinski definition) is 1. The normalized spacial score (nSPS) is 16.0. The zero-order valence-corrected chi connectivity index (χ0v) is 17.7. The molecular formula is C24H22N6O2. The van der Waals surface area contributed by atoms with Crippen LogP contribution in [0.3, 0.4) is 0 Å². The Bertz CT molecular complexity index is 1420. The zero-order valence-electron chi connectivity index (χ0n) is 17.7. The summed E-state index contributed by atoms with van der Waals surface area (Å²) in [5.41, 5.74) is 13.5. The molecule has 8 nitrogen and oxygen atoms in total. The molecule has 0 radical (unpaired) electrons. The Morgan fingerprint density at radius 2 is 1.81 bits per heavy atom.